The Hall–Kier alpha value is -1.09. The van der Waals surface area contributed by atoms with Crippen LogP contribution in [0.25, 0.3) is 0 Å². The number of benzene rings is 1. The number of rotatable bonds is 3. The lowest BCUT2D eigenvalue weighted by atomic mass is 10.0. The van der Waals surface area contributed by atoms with Crippen LogP contribution in [0.2, 0.25) is 0 Å². The minimum absolute atomic E-state index is 0.532. The van der Waals surface area contributed by atoms with Gasteiger partial charge in [-0.15, -0.1) is 0 Å². The van der Waals surface area contributed by atoms with Crippen LogP contribution in [0.4, 0.5) is 5.69 Å². The van der Waals surface area contributed by atoms with Crippen LogP contribution >= 0.6 is 12.2 Å². The van der Waals surface area contributed by atoms with Gasteiger partial charge in [-0.1, -0.05) is 32.0 Å². The zero-order chi connectivity index (χ0) is 12.4. The first kappa shape index (κ1) is 12.4. The lowest BCUT2D eigenvalue weighted by Crippen LogP contribution is -2.31. The van der Waals surface area contributed by atoms with Crippen LogP contribution in [-0.4, -0.2) is 29.6 Å². The van der Waals surface area contributed by atoms with Crippen LogP contribution in [0.5, 0.6) is 0 Å². The number of hydrogen-bond acceptors (Lipinski definition) is 1. The fourth-order valence-corrected chi connectivity index (χ4v) is 2.73. The molecule has 3 heteroatoms. The minimum atomic E-state index is 0.532. The van der Waals surface area contributed by atoms with Crippen molar-refractivity contribution in [1.29, 1.82) is 0 Å². The van der Waals surface area contributed by atoms with Crippen molar-refractivity contribution >= 4 is 23.0 Å². The van der Waals surface area contributed by atoms with Crippen molar-refractivity contribution in [3.63, 3.8) is 0 Å². The summed E-state index contributed by atoms with van der Waals surface area (Å²) in [5.74, 6) is 0.532. The summed E-state index contributed by atoms with van der Waals surface area (Å²) in [6, 6.07) is 8.59. The maximum Gasteiger partial charge on any atom is 0.176 e. The Labute approximate surface area is 109 Å². The zero-order valence-corrected chi connectivity index (χ0v) is 11.6. The first-order valence-corrected chi connectivity index (χ1v) is 6.71. The Morgan fingerprint density at radius 2 is 1.94 bits per heavy atom. The second-order valence-electron chi connectivity index (χ2n) is 4.73. The van der Waals surface area contributed by atoms with Gasteiger partial charge in [0.25, 0.3) is 0 Å². The Balaban J connectivity index is 2.32. The molecule has 0 atom stereocenters. The zero-order valence-electron chi connectivity index (χ0n) is 10.8. The van der Waals surface area contributed by atoms with Gasteiger partial charge in [0, 0.05) is 25.3 Å². The molecular formula is C14H20N2S. The highest BCUT2D eigenvalue weighted by Gasteiger charge is 2.26. The fraction of sp³-hybridized carbons (Fsp3) is 0.500. The molecule has 0 spiro atoms. The molecule has 17 heavy (non-hydrogen) atoms. The quantitative estimate of drug-likeness (QED) is 0.758. The normalized spacial score (nSPS) is 16.1. The van der Waals surface area contributed by atoms with Crippen molar-refractivity contribution in [1.82, 2.24) is 4.90 Å². The van der Waals surface area contributed by atoms with Gasteiger partial charge in [0.1, 0.15) is 0 Å². The molecule has 0 saturated carbocycles. The molecule has 1 aliphatic heterocycles. The van der Waals surface area contributed by atoms with Crippen LogP contribution in [0.1, 0.15) is 32.3 Å². The van der Waals surface area contributed by atoms with E-state index in [9.17, 15) is 0 Å². The molecule has 0 unspecified atom stereocenters. The maximum absolute atomic E-state index is 5.54. The van der Waals surface area contributed by atoms with Crippen LogP contribution < -0.4 is 4.90 Å². The second-order valence-corrected chi connectivity index (χ2v) is 5.09. The molecule has 0 aromatic heterocycles. The summed E-state index contributed by atoms with van der Waals surface area (Å²) in [4.78, 5) is 4.53. The van der Waals surface area contributed by atoms with E-state index in [1.165, 1.54) is 11.3 Å². The number of hydrogen-bond donors (Lipinski definition) is 0. The number of likely N-dealkylation sites (N-methyl/N-ethyl adjacent to an activating group) is 1. The third kappa shape index (κ3) is 2.29. The van der Waals surface area contributed by atoms with Crippen molar-refractivity contribution in [3.05, 3.63) is 29.8 Å². The lowest BCUT2D eigenvalue weighted by molar-refractivity contribution is 0.496. The Bertz CT molecular complexity index is 414. The number of para-hydroxylation sites is 1. The van der Waals surface area contributed by atoms with E-state index in [0.717, 1.165) is 24.7 Å². The highest BCUT2D eigenvalue weighted by molar-refractivity contribution is 7.80. The van der Waals surface area contributed by atoms with Gasteiger partial charge in [0.2, 0.25) is 0 Å². The predicted octanol–water partition coefficient (Wildman–Crippen LogP) is 3.24. The van der Waals surface area contributed by atoms with Gasteiger partial charge in [-0.2, -0.15) is 0 Å². The lowest BCUT2D eigenvalue weighted by Gasteiger charge is -2.24. The topological polar surface area (TPSA) is 6.48 Å². The first-order chi connectivity index (χ1) is 8.15. The van der Waals surface area contributed by atoms with Gasteiger partial charge in [0.15, 0.2) is 5.11 Å². The van der Waals surface area contributed by atoms with Gasteiger partial charge in [0.05, 0.1) is 0 Å². The van der Waals surface area contributed by atoms with E-state index >= 15 is 0 Å². The average molecular weight is 248 g/mol. The molecule has 1 saturated heterocycles. The van der Waals surface area contributed by atoms with E-state index in [1.807, 2.05) is 0 Å². The van der Waals surface area contributed by atoms with Crippen molar-refractivity contribution in [2.24, 2.45) is 0 Å². The van der Waals surface area contributed by atoms with E-state index in [4.69, 9.17) is 12.2 Å². The van der Waals surface area contributed by atoms with Crippen LogP contribution in [-0.2, 0) is 0 Å². The summed E-state index contributed by atoms with van der Waals surface area (Å²) < 4.78 is 0. The summed E-state index contributed by atoms with van der Waals surface area (Å²) in [5.41, 5.74) is 2.66. The standard InChI is InChI=1S/C14H20N2S/c1-4-15-9-10-16(14(15)17)13-8-6-5-7-12(13)11(2)3/h5-8,11H,4,9-10H2,1-3H3. The summed E-state index contributed by atoms with van der Waals surface area (Å²) in [6.45, 7) is 9.67. The highest BCUT2D eigenvalue weighted by Crippen LogP contribution is 2.29. The predicted molar refractivity (Wildman–Crippen MR) is 77.7 cm³/mol. The summed E-state index contributed by atoms with van der Waals surface area (Å²) in [5, 5.41) is 0.973. The van der Waals surface area contributed by atoms with Crippen molar-refractivity contribution in [2.75, 3.05) is 24.5 Å². The smallest absolute Gasteiger partial charge is 0.176 e. The molecule has 1 aromatic carbocycles. The first-order valence-electron chi connectivity index (χ1n) is 6.30. The van der Waals surface area contributed by atoms with E-state index in [1.54, 1.807) is 0 Å². The fourth-order valence-electron chi connectivity index (χ4n) is 2.32. The molecule has 1 aromatic rings. The van der Waals surface area contributed by atoms with Gasteiger partial charge < -0.3 is 9.80 Å². The molecule has 2 rings (SSSR count). The summed E-state index contributed by atoms with van der Waals surface area (Å²) in [7, 11) is 0. The molecule has 1 aliphatic rings. The van der Waals surface area contributed by atoms with Gasteiger partial charge >= 0.3 is 0 Å². The van der Waals surface area contributed by atoms with Crippen LogP contribution in [0.15, 0.2) is 24.3 Å². The summed E-state index contributed by atoms with van der Waals surface area (Å²) in [6.07, 6.45) is 0. The third-order valence-corrected chi connectivity index (χ3v) is 3.80. The largest absolute Gasteiger partial charge is 0.347 e. The molecule has 0 radical (unpaired) electrons. The molecule has 1 heterocycles. The Kier molecular flexibility index (Phi) is 3.67. The molecule has 0 bridgehead atoms. The van der Waals surface area contributed by atoms with E-state index < -0.39 is 0 Å². The third-order valence-electron chi connectivity index (χ3n) is 3.33. The maximum atomic E-state index is 5.54. The van der Waals surface area contributed by atoms with Crippen LogP contribution in [0.3, 0.4) is 0 Å². The molecule has 0 aliphatic carbocycles. The summed E-state index contributed by atoms with van der Waals surface area (Å²) >= 11 is 5.54. The number of nitrogens with zero attached hydrogens (tertiary/aromatic N) is 2. The monoisotopic (exact) mass is 248 g/mol. The van der Waals surface area contributed by atoms with E-state index in [0.29, 0.717) is 5.92 Å². The van der Waals surface area contributed by atoms with Crippen molar-refractivity contribution in [3.8, 4) is 0 Å². The minimum Gasteiger partial charge on any atom is -0.347 e. The Morgan fingerprint density at radius 1 is 1.24 bits per heavy atom. The molecule has 0 amide bonds. The number of anilines is 1. The van der Waals surface area contributed by atoms with E-state index in [2.05, 4.69) is 54.8 Å². The van der Waals surface area contributed by atoms with Gasteiger partial charge in [-0.3, -0.25) is 0 Å². The SMILES string of the molecule is CCN1CCN(c2ccccc2C(C)C)C1=S. The molecule has 2 nitrogen and oxygen atoms in total. The average Bonchev–Trinajstić information content (AvgIpc) is 2.70. The molecule has 1 fully saturated rings. The van der Waals surface area contributed by atoms with E-state index in [-0.39, 0.29) is 0 Å². The molecule has 92 valence electrons. The molecular weight excluding hydrogens is 228 g/mol. The number of thiocarbonyl (C=S) groups is 1. The van der Waals surface area contributed by atoms with Crippen LogP contribution in [0, 0.1) is 0 Å². The van der Waals surface area contributed by atoms with Crippen molar-refractivity contribution < 1.29 is 0 Å². The Morgan fingerprint density at radius 3 is 2.53 bits per heavy atom. The van der Waals surface area contributed by atoms with Gasteiger partial charge in [-0.05, 0) is 36.7 Å². The van der Waals surface area contributed by atoms with Gasteiger partial charge in [-0.25, -0.2) is 0 Å². The highest BCUT2D eigenvalue weighted by atomic mass is 32.1. The molecule has 0 N–H and O–H groups in total. The second kappa shape index (κ2) is 5.05. The van der Waals surface area contributed by atoms with Crippen molar-refractivity contribution in [2.45, 2.75) is 26.7 Å².